The zero-order valence-electron chi connectivity index (χ0n) is 13.3. The number of ether oxygens (including phenoxy) is 2. The first-order valence-corrected chi connectivity index (χ1v) is 9.02. The van der Waals surface area contributed by atoms with Gasteiger partial charge < -0.3 is 9.47 Å². The Morgan fingerprint density at radius 1 is 1.12 bits per heavy atom. The van der Waals surface area contributed by atoms with Crippen LogP contribution >= 0.6 is 0 Å². The van der Waals surface area contributed by atoms with Gasteiger partial charge >= 0.3 is 0 Å². The van der Waals surface area contributed by atoms with Crippen molar-refractivity contribution in [3.63, 3.8) is 0 Å². The summed E-state index contributed by atoms with van der Waals surface area (Å²) in [6.07, 6.45) is 0. The van der Waals surface area contributed by atoms with Gasteiger partial charge in [0.25, 0.3) is 5.69 Å². The van der Waals surface area contributed by atoms with Crippen LogP contribution in [0.3, 0.4) is 0 Å². The third kappa shape index (κ3) is 3.57. The number of hydrogen-bond acceptors (Lipinski definition) is 6. The van der Waals surface area contributed by atoms with Crippen LogP contribution in [0.4, 0.5) is 5.69 Å². The van der Waals surface area contributed by atoms with Crippen LogP contribution in [0.1, 0.15) is 18.5 Å². The summed E-state index contributed by atoms with van der Waals surface area (Å²) in [5.74, 6) is 1.14. The molecule has 1 aliphatic heterocycles. The maximum absolute atomic E-state index is 12.6. The molecule has 25 heavy (non-hydrogen) atoms. The van der Waals surface area contributed by atoms with Crippen molar-refractivity contribution in [1.82, 2.24) is 4.72 Å². The van der Waals surface area contributed by atoms with Gasteiger partial charge in [0.2, 0.25) is 10.0 Å². The van der Waals surface area contributed by atoms with Gasteiger partial charge in [-0.2, -0.15) is 0 Å². The maximum Gasteiger partial charge on any atom is 0.289 e. The fourth-order valence-corrected chi connectivity index (χ4v) is 3.93. The van der Waals surface area contributed by atoms with E-state index in [1.165, 1.54) is 18.2 Å². The fraction of sp³-hybridized carbons (Fsp3) is 0.250. The summed E-state index contributed by atoms with van der Waals surface area (Å²) >= 11 is 0. The number of nitro groups is 1. The molecule has 9 heteroatoms. The Balaban J connectivity index is 1.87. The number of nitro benzene ring substituents is 1. The molecule has 0 saturated heterocycles. The first-order chi connectivity index (χ1) is 11.9. The van der Waals surface area contributed by atoms with Crippen molar-refractivity contribution in [2.45, 2.75) is 17.9 Å². The Labute approximate surface area is 144 Å². The highest BCUT2D eigenvalue weighted by atomic mass is 32.2. The predicted octanol–water partition coefficient (Wildman–Crippen LogP) is 2.41. The second-order valence-corrected chi connectivity index (χ2v) is 7.15. The van der Waals surface area contributed by atoms with Crippen molar-refractivity contribution in [3.05, 3.63) is 58.1 Å². The summed E-state index contributed by atoms with van der Waals surface area (Å²) in [7, 11) is -4.07. The Hall–Kier alpha value is -2.65. The minimum Gasteiger partial charge on any atom is -0.486 e. The Kier molecular flexibility index (Phi) is 4.60. The van der Waals surface area contributed by atoms with E-state index in [-0.39, 0.29) is 4.90 Å². The molecule has 0 saturated carbocycles. The first-order valence-electron chi connectivity index (χ1n) is 7.54. The highest BCUT2D eigenvalue weighted by Gasteiger charge is 2.27. The molecule has 0 aliphatic carbocycles. The molecule has 0 bridgehead atoms. The lowest BCUT2D eigenvalue weighted by Gasteiger charge is -2.21. The zero-order valence-corrected chi connectivity index (χ0v) is 14.2. The Morgan fingerprint density at radius 3 is 2.52 bits per heavy atom. The molecule has 1 aliphatic rings. The Morgan fingerprint density at radius 2 is 1.80 bits per heavy atom. The number of fused-ring (bicyclic) bond motifs is 1. The third-order valence-corrected chi connectivity index (χ3v) is 5.34. The van der Waals surface area contributed by atoms with E-state index in [4.69, 9.17) is 9.47 Å². The summed E-state index contributed by atoms with van der Waals surface area (Å²) in [4.78, 5) is 9.98. The molecule has 0 spiro atoms. The van der Waals surface area contributed by atoms with Crippen molar-refractivity contribution in [2.75, 3.05) is 13.2 Å². The zero-order chi connectivity index (χ0) is 18.0. The summed E-state index contributed by atoms with van der Waals surface area (Å²) in [6, 6.07) is 9.74. The average molecular weight is 364 g/mol. The number of benzene rings is 2. The number of hydrogen-bond donors (Lipinski definition) is 1. The van der Waals surface area contributed by atoms with Crippen LogP contribution in [0.2, 0.25) is 0 Å². The summed E-state index contributed by atoms with van der Waals surface area (Å²) in [6.45, 7) is 2.54. The van der Waals surface area contributed by atoms with Crippen molar-refractivity contribution < 1.29 is 22.8 Å². The lowest BCUT2D eigenvalue weighted by molar-refractivity contribution is -0.387. The van der Waals surface area contributed by atoms with Crippen molar-refractivity contribution in [2.24, 2.45) is 0 Å². The van der Waals surface area contributed by atoms with E-state index in [0.717, 1.165) is 6.07 Å². The van der Waals surface area contributed by atoms with Gasteiger partial charge in [0.1, 0.15) is 13.2 Å². The lowest BCUT2D eigenvalue weighted by Crippen LogP contribution is -2.27. The molecule has 0 aromatic heterocycles. The molecule has 3 rings (SSSR count). The molecule has 2 aromatic rings. The van der Waals surface area contributed by atoms with Gasteiger partial charge in [-0.05, 0) is 30.7 Å². The van der Waals surface area contributed by atoms with Crippen molar-refractivity contribution in [3.8, 4) is 11.5 Å². The van der Waals surface area contributed by atoms with E-state index in [9.17, 15) is 18.5 Å². The van der Waals surface area contributed by atoms with Crippen LogP contribution in [0.25, 0.3) is 0 Å². The lowest BCUT2D eigenvalue weighted by atomic mass is 10.1. The molecule has 1 heterocycles. The van der Waals surface area contributed by atoms with Gasteiger partial charge in [-0.25, -0.2) is 13.1 Å². The molecule has 0 unspecified atom stereocenters. The normalized spacial score (nSPS) is 14.8. The molecule has 0 radical (unpaired) electrons. The predicted molar refractivity (Wildman–Crippen MR) is 89.3 cm³/mol. The fourth-order valence-electron chi connectivity index (χ4n) is 2.53. The monoisotopic (exact) mass is 364 g/mol. The van der Waals surface area contributed by atoms with Crippen LogP contribution in [0, 0.1) is 10.1 Å². The standard InChI is InChI=1S/C16H16N2O6S/c1-11(12-6-7-14-15(10-12)24-9-8-23-14)17-25(21,22)16-5-3-2-4-13(16)18(19)20/h2-7,10-11,17H,8-9H2,1H3/t11-/m1/s1. The van der Waals surface area contributed by atoms with Gasteiger partial charge in [-0.3, -0.25) is 10.1 Å². The summed E-state index contributed by atoms with van der Waals surface area (Å²) in [5.41, 5.74) is 0.191. The SMILES string of the molecule is C[C@@H](NS(=O)(=O)c1ccccc1[N+](=O)[O-])c1ccc2c(c1)OCCO2. The van der Waals surface area contributed by atoms with Crippen LogP contribution in [-0.2, 0) is 10.0 Å². The van der Waals surface area contributed by atoms with Crippen LogP contribution in [0.5, 0.6) is 11.5 Å². The topological polar surface area (TPSA) is 108 Å². The van der Waals surface area contributed by atoms with Crippen molar-refractivity contribution in [1.29, 1.82) is 0 Å². The second-order valence-electron chi connectivity index (χ2n) is 5.47. The molecule has 1 N–H and O–H groups in total. The third-order valence-electron chi connectivity index (χ3n) is 3.75. The van der Waals surface area contributed by atoms with Gasteiger partial charge in [0.05, 0.1) is 4.92 Å². The Bertz CT molecular complexity index is 913. The smallest absolute Gasteiger partial charge is 0.289 e. The van der Waals surface area contributed by atoms with Gasteiger partial charge in [0, 0.05) is 12.1 Å². The van der Waals surface area contributed by atoms with E-state index in [1.807, 2.05) is 0 Å². The van der Waals surface area contributed by atoms with Gasteiger partial charge in [0.15, 0.2) is 16.4 Å². The number of sulfonamides is 1. The number of nitrogens with zero attached hydrogens (tertiary/aromatic N) is 1. The molecule has 0 amide bonds. The summed E-state index contributed by atoms with van der Waals surface area (Å²) < 4.78 is 38.5. The highest BCUT2D eigenvalue weighted by Crippen LogP contribution is 2.33. The molecular weight excluding hydrogens is 348 g/mol. The summed E-state index contributed by atoms with van der Waals surface area (Å²) in [5, 5.41) is 11.1. The van der Waals surface area contributed by atoms with E-state index in [0.29, 0.717) is 30.3 Å². The number of rotatable bonds is 5. The van der Waals surface area contributed by atoms with Crippen molar-refractivity contribution >= 4 is 15.7 Å². The molecule has 2 aromatic carbocycles. The van der Waals surface area contributed by atoms with Crippen LogP contribution < -0.4 is 14.2 Å². The second kappa shape index (κ2) is 6.69. The average Bonchev–Trinajstić information content (AvgIpc) is 2.61. The van der Waals surface area contributed by atoms with Gasteiger partial charge in [-0.15, -0.1) is 0 Å². The van der Waals surface area contributed by atoms with E-state index >= 15 is 0 Å². The van der Waals surface area contributed by atoms with Crippen LogP contribution in [-0.4, -0.2) is 26.6 Å². The van der Waals surface area contributed by atoms with Crippen LogP contribution in [0.15, 0.2) is 47.4 Å². The molecule has 0 fully saturated rings. The first kappa shape index (κ1) is 17.2. The molecule has 1 atom stereocenters. The quantitative estimate of drug-likeness (QED) is 0.645. The molecule has 132 valence electrons. The van der Waals surface area contributed by atoms with E-state index in [2.05, 4.69) is 4.72 Å². The number of para-hydroxylation sites is 1. The maximum atomic E-state index is 12.6. The molecular formula is C16H16N2O6S. The van der Waals surface area contributed by atoms with E-state index < -0.39 is 26.7 Å². The molecule has 8 nitrogen and oxygen atoms in total. The minimum absolute atomic E-state index is 0.371. The van der Waals surface area contributed by atoms with E-state index in [1.54, 1.807) is 25.1 Å². The largest absolute Gasteiger partial charge is 0.486 e. The van der Waals surface area contributed by atoms with Gasteiger partial charge in [-0.1, -0.05) is 18.2 Å². The highest BCUT2D eigenvalue weighted by molar-refractivity contribution is 7.89. The number of nitrogens with one attached hydrogen (secondary N) is 1. The minimum atomic E-state index is -4.07.